The Hall–Kier alpha value is -4.83. The minimum Gasteiger partial charge on any atom is -0.463 e. The van der Waals surface area contributed by atoms with Gasteiger partial charge in [0.1, 0.15) is 25.4 Å². The molecule has 0 radical (unpaired) electrons. The van der Waals surface area contributed by atoms with E-state index in [-0.39, 0.29) is 19.3 Å². The van der Waals surface area contributed by atoms with Gasteiger partial charge < -0.3 is 34.2 Å². The molecular formula is C85H142O16P2. The van der Waals surface area contributed by atoms with Crippen LogP contribution in [0.15, 0.2) is 158 Å². The van der Waals surface area contributed by atoms with Gasteiger partial charge in [0.05, 0.1) is 26.4 Å². The third kappa shape index (κ3) is 78.1. The van der Waals surface area contributed by atoms with Crippen LogP contribution in [-0.4, -0.2) is 95.9 Å². The lowest BCUT2D eigenvalue weighted by Crippen LogP contribution is -2.30. The fourth-order valence-electron chi connectivity index (χ4n) is 10.2. The average molecular weight is 1480 g/mol. The Morgan fingerprint density at radius 2 is 0.515 bits per heavy atom. The van der Waals surface area contributed by atoms with Crippen LogP contribution in [0.1, 0.15) is 303 Å². The lowest BCUT2D eigenvalue weighted by Gasteiger charge is -2.21. The van der Waals surface area contributed by atoms with Gasteiger partial charge in [0.2, 0.25) is 0 Å². The van der Waals surface area contributed by atoms with Crippen molar-refractivity contribution in [2.24, 2.45) is 0 Å². The van der Waals surface area contributed by atoms with Gasteiger partial charge in [-0.3, -0.25) is 32.5 Å². The van der Waals surface area contributed by atoms with E-state index in [1.54, 1.807) is 0 Å². The summed E-state index contributed by atoms with van der Waals surface area (Å²) in [6.07, 6.45) is 95.8. The fraction of sp³-hybridized carbons (Fsp3) is 0.659. The minimum atomic E-state index is -4.94. The molecule has 0 aromatic heterocycles. The lowest BCUT2D eigenvalue weighted by atomic mass is 10.0. The van der Waals surface area contributed by atoms with Crippen molar-refractivity contribution < 1.29 is 75.8 Å². The van der Waals surface area contributed by atoms with Crippen molar-refractivity contribution >= 4 is 33.6 Å². The van der Waals surface area contributed by atoms with Crippen molar-refractivity contribution in [2.75, 3.05) is 39.6 Å². The van der Waals surface area contributed by atoms with E-state index in [1.165, 1.54) is 77.0 Å². The zero-order chi connectivity index (χ0) is 75.2. The van der Waals surface area contributed by atoms with Gasteiger partial charge in [-0.15, -0.1) is 0 Å². The molecule has 5 atom stereocenters. The summed E-state index contributed by atoms with van der Waals surface area (Å²) in [6.45, 7) is 2.38. The highest BCUT2D eigenvalue weighted by atomic mass is 31.2. The van der Waals surface area contributed by atoms with Crippen molar-refractivity contribution in [2.45, 2.75) is 322 Å². The molecule has 0 saturated heterocycles. The monoisotopic (exact) mass is 1480 g/mol. The highest BCUT2D eigenvalue weighted by molar-refractivity contribution is 7.47. The van der Waals surface area contributed by atoms with Crippen LogP contribution in [0.4, 0.5) is 0 Å². The summed E-state index contributed by atoms with van der Waals surface area (Å²) in [5.74, 6) is -1.62. The molecule has 0 aliphatic rings. The Bertz CT molecular complexity index is 2500. The molecule has 588 valence electrons. The van der Waals surface area contributed by atoms with E-state index >= 15 is 0 Å². The number of aliphatic hydroxyl groups excluding tert-OH is 2. The maximum Gasteiger partial charge on any atom is 0.472 e. The second-order valence-electron chi connectivity index (χ2n) is 26.1. The van der Waals surface area contributed by atoms with Crippen molar-refractivity contribution in [3.05, 3.63) is 158 Å². The van der Waals surface area contributed by atoms with Crippen LogP contribution in [0.2, 0.25) is 0 Å². The number of phosphoric ester groups is 2. The number of allylic oxidation sites excluding steroid dienone is 26. The summed E-state index contributed by atoms with van der Waals surface area (Å²) in [6, 6.07) is 0. The zero-order valence-electron chi connectivity index (χ0n) is 64.2. The van der Waals surface area contributed by atoms with Crippen molar-refractivity contribution in [3.8, 4) is 0 Å². The highest BCUT2D eigenvalue weighted by Gasteiger charge is 2.29. The number of aliphatic hydroxyl groups is 2. The van der Waals surface area contributed by atoms with E-state index in [2.05, 4.69) is 179 Å². The summed E-state index contributed by atoms with van der Waals surface area (Å²) >= 11 is 0. The molecule has 0 bridgehead atoms. The fourth-order valence-corrected chi connectivity index (χ4v) is 11.8. The molecule has 103 heavy (non-hydrogen) atoms. The standard InChI is InChI=1S/C85H142O16P2/c1-4-7-10-13-16-19-22-25-28-30-32-34-35-36-37-38-39-40-41-42-43-45-47-48-51-53-56-59-62-65-68-71-83(88)95-74-80(86)75-97-102(91,92)98-76-81(87)77-99-103(93,94)100-79-82(101-85(90)73-70-67-64-61-58-55-50-27-24-21-18-15-12-9-6-3)78-96-84(89)72-69-66-63-60-57-54-52-49-46-44-33-31-29-26-23-20-17-14-11-8-5-2/h7,9-10,12,16-21,25-29,32-34,36-37,39-40,44,49-50,52,80-82,86-87H,4-6,8,11,13-15,22-24,30-31,35,38,41-43,45-48,51,53-79H2,1-3H3,(H,91,92)(H,93,94)/b10-7-,12-9-,19-16-,20-17-,21-18-,28-25-,29-26-,34-32-,37-36-,40-39-,44-33-,50-27-,52-49-. The number of hydrogen-bond acceptors (Lipinski definition) is 14. The van der Waals surface area contributed by atoms with Gasteiger partial charge in [-0.2, -0.15) is 0 Å². The molecule has 0 fully saturated rings. The van der Waals surface area contributed by atoms with Gasteiger partial charge in [0.15, 0.2) is 6.10 Å². The molecule has 0 heterocycles. The van der Waals surface area contributed by atoms with E-state index < -0.39 is 91.5 Å². The van der Waals surface area contributed by atoms with Crippen LogP contribution in [0, 0.1) is 0 Å². The summed E-state index contributed by atoms with van der Waals surface area (Å²) in [5.41, 5.74) is 0. The van der Waals surface area contributed by atoms with E-state index in [0.29, 0.717) is 19.3 Å². The molecule has 0 aromatic rings. The number of hydrogen-bond donors (Lipinski definition) is 4. The molecule has 0 aliphatic heterocycles. The smallest absolute Gasteiger partial charge is 0.463 e. The minimum absolute atomic E-state index is 0.0765. The average Bonchev–Trinajstić information content (AvgIpc) is 0.922. The predicted octanol–water partition coefficient (Wildman–Crippen LogP) is 23.4. The first-order valence-electron chi connectivity index (χ1n) is 39.8. The first-order chi connectivity index (χ1) is 50.2. The Balaban J connectivity index is 4.54. The Morgan fingerprint density at radius 1 is 0.282 bits per heavy atom. The van der Waals surface area contributed by atoms with Crippen molar-refractivity contribution in [1.82, 2.24) is 0 Å². The van der Waals surface area contributed by atoms with Gasteiger partial charge in [-0.25, -0.2) is 9.13 Å². The van der Waals surface area contributed by atoms with E-state index in [9.17, 15) is 43.5 Å². The van der Waals surface area contributed by atoms with E-state index in [1.807, 2.05) is 0 Å². The van der Waals surface area contributed by atoms with E-state index in [4.69, 9.17) is 32.3 Å². The largest absolute Gasteiger partial charge is 0.472 e. The summed E-state index contributed by atoms with van der Waals surface area (Å²) < 4.78 is 61.1. The highest BCUT2D eigenvalue weighted by Crippen LogP contribution is 2.45. The summed E-state index contributed by atoms with van der Waals surface area (Å²) in [4.78, 5) is 58.6. The molecule has 0 aromatic carbocycles. The Kier molecular flexibility index (Phi) is 73.2. The van der Waals surface area contributed by atoms with Crippen molar-refractivity contribution in [1.29, 1.82) is 0 Å². The molecule has 4 N–H and O–H groups in total. The first-order valence-corrected chi connectivity index (χ1v) is 42.8. The molecule has 0 amide bonds. The third-order valence-electron chi connectivity index (χ3n) is 16.2. The molecular weight excluding hydrogens is 1340 g/mol. The number of esters is 3. The SMILES string of the molecule is CC/C=C\C/C=C\C/C=C\C/C=C\C/C=C\C/C=C\CCCCCCCCCCCCCCC(=O)OCC(O)COP(=O)(O)OCC(O)COP(=O)(O)OCC(COC(=O)CCCCCCC/C=C\C/C=C\C/C=C\C/C=C\CCCCC)OC(=O)CCCCCCC/C=C\C/C=C\C/C=C\CC. The number of carbonyl (C=O) groups is 3. The van der Waals surface area contributed by atoms with Crippen LogP contribution >= 0.6 is 15.6 Å². The topological polar surface area (TPSA) is 231 Å². The van der Waals surface area contributed by atoms with Crippen LogP contribution in [0.3, 0.4) is 0 Å². The van der Waals surface area contributed by atoms with Crippen LogP contribution in [0.5, 0.6) is 0 Å². The molecule has 0 aliphatic carbocycles. The van der Waals surface area contributed by atoms with E-state index in [0.717, 1.165) is 167 Å². The second kappa shape index (κ2) is 76.8. The van der Waals surface area contributed by atoms with Crippen LogP contribution < -0.4 is 0 Å². The van der Waals surface area contributed by atoms with Gasteiger partial charge in [-0.1, -0.05) is 294 Å². The quantitative estimate of drug-likeness (QED) is 0.0146. The molecule has 16 nitrogen and oxygen atoms in total. The maximum atomic E-state index is 13.0. The lowest BCUT2D eigenvalue weighted by molar-refractivity contribution is -0.161. The van der Waals surface area contributed by atoms with Gasteiger partial charge >= 0.3 is 33.6 Å². The first kappa shape index (κ1) is 98.2. The van der Waals surface area contributed by atoms with Crippen LogP contribution in [-0.2, 0) is 55.8 Å². The normalized spacial score (nSPS) is 14.8. The number of ether oxygens (including phenoxy) is 3. The molecule has 0 saturated carbocycles. The summed E-state index contributed by atoms with van der Waals surface area (Å²) in [7, 11) is -9.81. The van der Waals surface area contributed by atoms with Gasteiger partial charge in [0, 0.05) is 19.3 Å². The van der Waals surface area contributed by atoms with Crippen LogP contribution in [0.25, 0.3) is 0 Å². The third-order valence-corrected chi connectivity index (χ3v) is 18.1. The molecule has 0 spiro atoms. The van der Waals surface area contributed by atoms with Gasteiger partial charge in [-0.05, 0) is 148 Å². The number of rotatable bonds is 74. The molecule has 18 heteroatoms. The molecule has 5 unspecified atom stereocenters. The number of unbranched alkanes of at least 4 members (excludes halogenated alkanes) is 25. The molecule has 0 rings (SSSR count). The van der Waals surface area contributed by atoms with Gasteiger partial charge in [0.25, 0.3) is 0 Å². The Morgan fingerprint density at radius 3 is 0.816 bits per heavy atom. The zero-order valence-corrected chi connectivity index (χ0v) is 66.0. The van der Waals surface area contributed by atoms with Crippen molar-refractivity contribution in [3.63, 3.8) is 0 Å². The second-order valence-corrected chi connectivity index (χ2v) is 29.0. The predicted molar refractivity (Wildman–Crippen MR) is 426 cm³/mol. The number of phosphoric acid groups is 2. The number of carbonyl (C=O) groups excluding carboxylic acids is 3. The Labute approximate surface area is 625 Å². The maximum absolute atomic E-state index is 13.0. The summed E-state index contributed by atoms with van der Waals surface area (Å²) in [5, 5.41) is 20.6.